The third kappa shape index (κ3) is 8.47. The molecule has 0 aromatic heterocycles. The highest BCUT2D eigenvalue weighted by molar-refractivity contribution is 6.17. The molecule has 1 rings (SSSR count). The first-order valence-electron chi connectivity index (χ1n) is 7.59. The second-order valence-electron chi connectivity index (χ2n) is 4.81. The topological polar surface area (TPSA) is 47.9 Å². The largest absolute Gasteiger partial charge is 0.493 e. The van der Waals surface area contributed by atoms with Gasteiger partial charge in [0.1, 0.15) is 0 Å². The molecule has 0 saturated carbocycles. The molecule has 0 heterocycles. The Labute approximate surface area is 139 Å². The highest BCUT2D eigenvalue weighted by Gasteiger charge is 2.11. The van der Waals surface area contributed by atoms with Crippen molar-refractivity contribution in [2.75, 3.05) is 33.8 Å². The summed E-state index contributed by atoms with van der Waals surface area (Å²) < 4.78 is 15.2. The molecule has 4 nitrogen and oxygen atoms in total. The van der Waals surface area contributed by atoms with Crippen molar-refractivity contribution in [2.24, 2.45) is 0 Å². The second kappa shape index (κ2) is 13.7. The molecule has 1 atom stereocenters. The normalized spacial score (nSPS) is 11.4. The zero-order valence-corrected chi connectivity index (χ0v) is 14.9. The van der Waals surface area contributed by atoms with Gasteiger partial charge in [0.05, 0.1) is 20.3 Å². The van der Waals surface area contributed by atoms with Gasteiger partial charge in [0.2, 0.25) is 0 Å². The average Bonchev–Trinajstić information content (AvgIpc) is 2.57. The van der Waals surface area contributed by atoms with Crippen molar-refractivity contribution in [3.8, 4) is 11.5 Å². The molecule has 0 bridgehead atoms. The fraction of sp³-hybridized carbons (Fsp3) is 0.647. The van der Waals surface area contributed by atoms with Gasteiger partial charge in [-0.05, 0) is 24.1 Å². The van der Waals surface area contributed by atoms with Gasteiger partial charge in [-0.15, -0.1) is 11.6 Å². The molecule has 1 unspecified atom stereocenters. The van der Waals surface area contributed by atoms with Gasteiger partial charge >= 0.3 is 0 Å². The molecule has 0 spiro atoms. The summed E-state index contributed by atoms with van der Waals surface area (Å²) in [5.74, 6) is 2.11. The van der Waals surface area contributed by atoms with E-state index in [0.717, 1.165) is 11.4 Å². The maximum atomic E-state index is 9.86. The van der Waals surface area contributed by atoms with E-state index < -0.39 is 6.10 Å². The number of ether oxygens (including phenoxy) is 3. The molecular formula is C17H29ClO4. The predicted octanol–water partition coefficient (Wildman–Crippen LogP) is 4.19. The third-order valence-electron chi connectivity index (χ3n) is 3.12. The number of hydrogen-bond donors (Lipinski definition) is 1. The predicted molar refractivity (Wildman–Crippen MR) is 91.2 cm³/mol. The van der Waals surface area contributed by atoms with Crippen molar-refractivity contribution < 1.29 is 19.3 Å². The van der Waals surface area contributed by atoms with Gasteiger partial charge in [-0.2, -0.15) is 0 Å². The molecule has 0 saturated heterocycles. The fourth-order valence-electron chi connectivity index (χ4n) is 1.80. The molecule has 5 heteroatoms. The molecule has 1 aromatic carbocycles. The van der Waals surface area contributed by atoms with Crippen LogP contribution in [0.3, 0.4) is 0 Å². The van der Waals surface area contributed by atoms with E-state index >= 15 is 0 Å². The Kier molecular flexibility index (Phi) is 13.1. The van der Waals surface area contributed by atoms with Crippen LogP contribution in [0, 0.1) is 0 Å². The van der Waals surface area contributed by atoms with E-state index in [9.17, 15) is 5.11 Å². The number of halogens is 1. The van der Waals surface area contributed by atoms with Gasteiger partial charge in [0.25, 0.3) is 0 Å². The summed E-state index contributed by atoms with van der Waals surface area (Å²) in [5.41, 5.74) is 0.801. The SMILES string of the molecule is CCCCCCl.COCCC(O)c1ccc(OC)c(OC)c1. The molecule has 0 aliphatic rings. The molecular weight excluding hydrogens is 304 g/mol. The molecule has 0 radical (unpaired) electrons. The molecule has 22 heavy (non-hydrogen) atoms. The first-order chi connectivity index (χ1) is 10.6. The average molecular weight is 333 g/mol. The number of benzene rings is 1. The summed E-state index contributed by atoms with van der Waals surface area (Å²) in [4.78, 5) is 0. The summed E-state index contributed by atoms with van der Waals surface area (Å²) in [6, 6.07) is 5.38. The zero-order valence-electron chi connectivity index (χ0n) is 14.1. The van der Waals surface area contributed by atoms with E-state index in [4.69, 9.17) is 25.8 Å². The third-order valence-corrected chi connectivity index (χ3v) is 3.39. The summed E-state index contributed by atoms with van der Waals surface area (Å²) in [6.07, 6.45) is 3.75. The molecule has 128 valence electrons. The van der Waals surface area contributed by atoms with Crippen molar-refractivity contribution in [1.29, 1.82) is 0 Å². The van der Waals surface area contributed by atoms with Gasteiger partial charge in [-0.1, -0.05) is 25.8 Å². The number of aliphatic hydroxyl groups excluding tert-OH is 1. The Hall–Kier alpha value is -0.970. The fourth-order valence-corrected chi connectivity index (χ4v) is 1.99. The number of rotatable bonds is 9. The van der Waals surface area contributed by atoms with E-state index in [1.54, 1.807) is 33.5 Å². The van der Waals surface area contributed by atoms with Crippen LogP contribution >= 0.6 is 11.6 Å². The Morgan fingerprint density at radius 3 is 2.23 bits per heavy atom. The molecule has 0 amide bonds. The lowest BCUT2D eigenvalue weighted by atomic mass is 10.1. The van der Waals surface area contributed by atoms with Crippen LogP contribution in [0.25, 0.3) is 0 Å². The summed E-state index contributed by atoms with van der Waals surface area (Å²) in [5, 5.41) is 9.86. The van der Waals surface area contributed by atoms with Gasteiger partial charge in [0, 0.05) is 26.0 Å². The van der Waals surface area contributed by atoms with Crippen LogP contribution in [0.15, 0.2) is 18.2 Å². The van der Waals surface area contributed by atoms with Crippen LogP contribution in [-0.2, 0) is 4.74 Å². The number of unbranched alkanes of at least 4 members (excludes halogenated alkanes) is 2. The lowest BCUT2D eigenvalue weighted by Crippen LogP contribution is -2.02. The van der Waals surface area contributed by atoms with Crippen LogP contribution in [0.2, 0.25) is 0 Å². The summed E-state index contributed by atoms with van der Waals surface area (Å²) in [6.45, 7) is 2.70. The van der Waals surface area contributed by atoms with Crippen LogP contribution in [0.1, 0.15) is 44.3 Å². The lowest BCUT2D eigenvalue weighted by Gasteiger charge is -2.13. The van der Waals surface area contributed by atoms with Gasteiger partial charge in [-0.3, -0.25) is 0 Å². The van der Waals surface area contributed by atoms with Gasteiger partial charge in [-0.25, -0.2) is 0 Å². The minimum Gasteiger partial charge on any atom is -0.493 e. The second-order valence-corrected chi connectivity index (χ2v) is 5.19. The first kappa shape index (κ1) is 21.0. The Morgan fingerprint density at radius 1 is 1.09 bits per heavy atom. The maximum Gasteiger partial charge on any atom is 0.161 e. The van der Waals surface area contributed by atoms with Crippen molar-refractivity contribution in [1.82, 2.24) is 0 Å². The van der Waals surface area contributed by atoms with Gasteiger partial charge < -0.3 is 19.3 Å². The van der Waals surface area contributed by atoms with Crippen molar-refractivity contribution in [3.05, 3.63) is 23.8 Å². The molecule has 0 fully saturated rings. The van der Waals surface area contributed by atoms with Crippen molar-refractivity contribution in [2.45, 2.75) is 38.7 Å². The molecule has 0 aliphatic heterocycles. The van der Waals surface area contributed by atoms with Gasteiger partial charge in [0.15, 0.2) is 11.5 Å². The summed E-state index contributed by atoms with van der Waals surface area (Å²) in [7, 11) is 4.77. The van der Waals surface area contributed by atoms with Crippen LogP contribution in [0.5, 0.6) is 11.5 Å². The van der Waals surface area contributed by atoms with Crippen LogP contribution in [-0.4, -0.2) is 38.9 Å². The minimum absolute atomic E-state index is 0.523. The Bertz CT molecular complexity index is 381. The van der Waals surface area contributed by atoms with E-state index in [1.165, 1.54) is 19.3 Å². The molecule has 1 N–H and O–H groups in total. The van der Waals surface area contributed by atoms with Crippen LogP contribution in [0.4, 0.5) is 0 Å². The van der Waals surface area contributed by atoms with E-state index in [0.29, 0.717) is 24.5 Å². The van der Waals surface area contributed by atoms with Crippen molar-refractivity contribution >= 4 is 11.6 Å². The Morgan fingerprint density at radius 2 is 1.77 bits per heavy atom. The van der Waals surface area contributed by atoms with Crippen LogP contribution < -0.4 is 9.47 Å². The lowest BCUT2D eigenvalue weighted by molar-refractivity contribution is 0.110. The Balaban J connectivity index is 0.000000626. The number of aliphatic hydroxyl groups is 1. The minimum atomic E-state index is -0.542. The maximum absolute atomic E-state index is 9.86. The number of alkyl halides is 1. The quantitative estimate of drug-likeness (QED) is 0.544. The van der Waals surface area contributed by atoms with Crippen molar-refractivity contribution in [3.63, 3.8) is 0 Å². The van der Waals surface area contributed by atoms with E-state index in [-0.39, 0.29) is 0 Å². The standard InChI is InChI=1S/C12H18O4.C5H11Cl/c1-14-7-6-10(13)9-4-5-11(15-2)12(8-9)16-3;1-2-3-4-5-6/h4-5,8,10,13H,6-7H2,1-3H3;2-5H2,1H3. The number of methoxy groups -OCH3 is 3. The van der Waals surface area contributed by atoms with E-state index in [2.05, 4.69) is 6.92 Å². The smallest absolute Gasteiger partial charge is 0.161 e. The molecule has 0 aliphatic carbocycles. The first-order valence-corrected chi connectivity index (χ1v) is 8.12. The summed E-state index contributed by atoms with van der Waals surface area (Å²) >= 11 is 5.38. The highest BCUT2D eigenvalue weighted by atomic mass is 35.5. The molecule has 1 aromatic rings. The zero-order chi connectivity index (χ0) is 16.8. The highest BCUT2D eigenvalue weighted by Crippen LogP contribution is 2.30. The van der Waals surface area contributed by atoms with E-state index in [1.807, 2.05) is 6.07 Å². The monoisotopic (exact) mass is 332 g/mol. The number of hydrogen-bond acceptors (Lipinski definition) is 4.